The molecule has 0 fully saturated rings. The van der Waals surface area contributed by atoms with Crippen LogP contribution in [0.2, 0.25) is 5.02 Å². The van der Waals surface area contributed by atoms with Crippen LogP contribution in [0, 0.1) is 13.8 Å². The molecular formula is C14H17ClN2O. The summed E-state index contributed by atoms with van der Waals surface area (Å²) in [6, 6.07) is 9.88. The molecule has 1 aromatic heterocycles. The summed E-state index contributed by atoms with van der Waals surface area (Å²) < 4.78 is 7.64. The third-order valence-electron chi connectivity index (χ3n) is 2.83. The van der Waals surface area contributed by atoms with Gasteiger partial charge >= 0.3 is 0 Å². The Bertz CT molecular complexity index is 549. The van der Waals surface area contributed by atoms with Gasteiger partial charge in [-0.1, -0.05) is 17.7 Å². The summed E-state index contributed by atoms with van der Waals surface area (Å²) in [6.45, 7) is 5.07. The van der Waals surface area contributed by atoms with E-state index in [0.29, 0.717) is 13.2 Å². The maximum atomic E-state index is 6.14. The second-order valence-corrected chi connectivity index (χ2v) is 4.60. The molecule has 0 aliphatic heterocycles. The number of hydrogen-bond donors (Lipinski definition) is 1. The molecular weight excluding hydrogens is 248 g/mol. The number of halogens is 1. The van der Waals surface area contributed by atoms with Gasteiger partial charge in [-0.2, -0.15) is 0 Å². The van der Waals surface area contributed by atoms with Gasteiger partial charge in [0.05, 0.1) is 5.02 Å². The number of rotatable bonds is 4. The van der Waals surface area contributed by atoms with Crippen LogP contribution >= 0.6 is 11.6 Å². The Morgan fingerprint density at radius 2 is 2.06 bits per heavy atom. The minimum atomic E-state index is 0.512. The maximum Gasteiger partial charge on any atom is 0.121 e. The van der Waals surface area contributed by atoms with E-state index in [2.05, 4.69) is 4.57 Å². The molecule has 0 radical (unpaired) electrons. The molecule has 0 bridgehead atoms. The van der Waals surface area contributed by atoms with Crippen molar-refractivity contribution in [3.05, 3.63) is 46.7 Å². The summed E-state index contributed by atoms with van der Waals surface area (Å²) >= 11 is 6.14. The van der Waals surface area contributed by atoms with Crippen LogP contribution in [-0.4, -0.2) is 17.7 Å². The van der Waals surface area contributed by atoms with Crippen molar-refractivity contribution < 1.29 is 4.74 Å². The second kappa shape index (κ2) is 5.46. The topological polar surface area (TPSA) is 40.2 Å². The zero-order valence-corrected chi connectivity index (χ0v) is 11.4. The first kappa shape index (κ1) is 13.0. The summed E-state index contributed by atoms with van der Waals surface area (Å²) in [5, 5.41) is 0.778. The highest BCUT2D eigenvalue weighted by molar-refractivity contribution is 6.31. The van der Waals surface area contributed by atoms with Gasteiger partial charge < -0.3 is 15.0 Å². The number of aryl methyl sites for hydroxylation is 1. The van der Waals surface area contributed by atoms with E-state index >= 15 is 0 Å². The fourth-order valence-corrected chi connectivity index (χ4v) is 2.25. The number of nitrogens with two attached hydrogens (primary N) is 1. The van der Waals surface area contributed by atoms with E-state index in [-0.39, 0.29) is 0 Å². The third kappa shape index (κ3) is 2.52. The van der Waals surface area contributed by atoms with E-state index in [1.807, 2.05) is 44.2 Å². The fourth-order valence-electron chi connectivity index (χ4n) is 2.01. The van der Waals surface area contributed by atoms with Crippen LogP contribution in [0.4, 0.5) is 0 Å². The lowest BCUT2D eigenvalue weighted by atomic mass is 10.3. The van der Waals surface area contributed by atoms with Gasteiger partial charge in [0.2, 0.25) is 0 Å². The molecule has 18 heavy (non-hydrogen) atoms. The molecule has 2 rings (SSSR count). The van der Waals surface area contributed by atoms with Crippen LogP contribution in [0.3, 0.4) is 0 Å². The number of aromatic nitrogens is 1. The number of benzene rings is 1. The van der Waals surface area contributed by atoms with E-state index in [1.165, 1.54) is 0 Å². The van der Waals surface area contributed by atoms with E-state index in [1.54, 1.807) is 0 Å². The van der Waals surface area contributed by atoms with Gasteiger partial charge in [0, 0.05) is 29.7 Å². The highest BCUT2D eigenvalue weighted by Gasteiger charge is 2.09. The molecule has 0 unspecified atom stereocenters. The Morgan fingerprint density at radius 1 is 1.28 bits per heavy atom. The fraction of sp³-hybridized carbons (Fsp3) is 0.286. The summed E-state index contributed by atoms with van der Waals surface area (Å²) in [5.41, 5.74) is 8.61. The van der Waals surface area contributed by atoms with Gasteiger partial charge in [0.25, 0.3) is 0 Å². The van der Waals surface area contributed by atoms with Crippen molar-refractivity contribution in [3.8, 4) is 11.4 Å². The molecule has 4 heteroatoms. The van der Waals surface area contributed by atoms with Gasteiger partial charge in [0.15, 0.2) is 0 Å². The standard InChI is InChI=1S/C14H17ClN2O/c1-10-8-14(15)11(2)17(10)12-4-3-5-13(9-12)18-7-6-16/h3-5,8-9H,6-7,16H2,1-2H3. The normalized spacial score (nSPS) is 10.7. The van der Waals surface area contributed by atoms with Gasteiger partial charge in [0.1, 0.15) is 12.4 Å². The molecule has 0 atom stereocenters. The van der Waals surface area contributed by atoms with Crippen molar-refractivity contribution >= 4 is 11.6 Å². The highest BCUT2D eigenvalue weighted by Crippen LogP contribution is 2.26. The van der Waals surface area contributed by atoms with E-state index in [4.69, 9.17) is 22.1 Å². The molecule has 0 saturated heterocycles. The minimum absolute atomic E-state index is 0.512. The zero-order chi connectivity index (χ0) is 13.1. The van der Waals surface area contributed by atoms with Crippen LogP contribution < -0.4 is 10.5 Å². The van der Waals surface area contributed by atoms with Crippen molar-refractivity contribution in [2.24, 2.45) is 5.73 Å². The van der Waals surface area contributed by atoms with Crippen LogP contribution in [-0.2, 0) is 0 Å². The highest BCUT2D eigenvalue weighted by atomic mass is 35.5. The number of nitrogens with zero attached hydrogens (tertiary/aromatic N) is 1. The van der Waals surface area contributed by atoms with Crippen LogP contribution in [0.25, 0.3) is 5.69 Å². The first-order chi connectivity index (χ1) is 8.63. The lowest BCUT2D eigenvalue weighted by Gasteiger charge is -2.11. The first-order valence-corrected chi connectivity index (χ1v) is 6.29. The third-order valence-corrected chi connectivity index (χ3v) is 3.21. The summed E-state index contributed by atoms with van der Waals surface area (Å²) in [6.07, 6.45) is 0. The number of hydrogen-bond acceptors (Lipinski definition) is 2. The smallest absolute Gasteiger partial charge is 0.121 e. The number of ether oxygens (including phenoxy) is 1. The predicted octanol–water partition coefficient (Wildman–Crippen LogP) is 3.09. The SMILES string of the molecule is Cc1cc(Cl)c(C)n1-c1cccc(OCCN)c1. The monoisotopic (exact) mass is 264 g/mol. The van der Waals surface area contributed by atoms with Crippen molar-refractivity contribution in [3.63, 3.8) is 0 Å². The Morgan fingerprint density at radius 3 is 2.67 bits per heavy atom. The molecule has 3 nitrogen and oxygen atoms in total. The molecule has 1 aromatic carbocycles. The van der Waals surface area contributed by atoms with Crippen molar-refractivity contribution in [1.29, 1.82) is 0 Å². The summed E-state index contributed by atoms with van der Waals surface area (Å²) in [5.74, 6) is 0.821. The molecule has 0 amide bonds. The van der Waals surface area contributed by atoms with Gasteiger partial charge in [-0.05, 0) is 32.0 Å². The Balaban J connectivity index is 2.38. The van der Waals surface area contributed by atoms with Gasteiger partial charge in [-0.3, -0.25) is 0 Å². The van der Waals surface area contributed by atoms with Gasteiger partial charge in [-0.25, -0.2) is 0 Å². The molecule has 2 aromatic rings. The summed E-state index contributed by atoms with van der Waals surface area (Å²) in [7, 11) is 0. The Labute approximate surface area is 112 Å². The Kier molecular flexibility index (Phi) is 3.94. The minimum Gasteiger partial charge on any atom is -0.492 e. The first-order valence-electron chi connectivity index (χ1n) is 5.91. The van der Waals surface area contributed by atoms with Crippen molar-refractivity contribution in [1.82, 2.24) is 4.57 Å². The van der Waals surface area contributed by atoms with Crippen molar-refractivity contribution in [2.45, 2.75) is 13.8 Å². The molecule has 0 spiro atoms. The van der Waals surface area contributed by atoms with Crippen molar-refractivity contribution in [2.75, 3.05) is 13.2 Å². The average molecular weight is 265 g/mol. The lowest BCUT2D eigenvalue weighted by Crippen LogP contribution is -2.10. The maximum absolute atomic E-state index is 6.14. The largest absolute Gasteiger partial charge is 0.492 e. The van der Waals surface area contributed by atoms with Crippen LogP contribution in [0.15, 0.2) is 30.3 Å². The van der Waals surface area contributed by atoms with E-state index < -0.39 is 0 Å². The summed E-state index contributed by atoms with van der Waals surface area (Å²) in [4.78, 5) is 0. The second-order valence-electron chi connectivity index (χ2n) is 4.19. The lowest BCUT2D eigenvalue weighted by molar-refractivity contribution is 0.328. The average Bonchev–Trinajstić information content (AvgIpc) is 2.61. The van der Waals surface area contributed by atoms with Crippen LogP contribution in [0.1, 0.15) is 11.4 Å². The molecule has 1 heterocycles. The van der Waals surface area contributed by atoms with E-state index in [0.717, 1.165) is 27.8 Å². The quantitative estimate of drug-likeness (QED) is 0.922. The molecule has 0 saturated carbocycles. The predicted molar refractivity (Wildman–Crippen MR) is 74.8 cm³/mol. The molecule has 96 valence electrons. The van der Waals surface area contributed by atoms with E-state index in [9.17, 15) is 0 Å². The molecule has 2 N–H and O–H groups in total. The van der Waals surface area contributed by atoms with Gasteiger partial charge in [-0.15, -0.1) is 0 Å². The molecule has 0 aliphatic rings. The Hall–Kier alpha value is -1.45. The van der Waals surface area contributed by atoms with Crippen LogP contribution in [0.5, 0.6) is 5.75 Å². The molecule has 0 aliphatic carbocycles. The zero-order valence-electron chi connectivity index (χ0n) is 10.6.